The molecule has 0 saturated carbocycles. The van der Waals surface area contributed by atoms with Gasteiger partial charge in [-0.05, 0) is 42.5 Å². The van der Waals surface area contributed by atoms with Crippen LogP contribution in [0.5, 0.6) is 5.75 Å². The van der Waals surface area contributed by atoms with Crippen LogP contribution in [0.15, 0.2) is 54.6 Å². The van der Waals surface area contributed by atoms with Crippen molar-refractivity contribution in [2.24, 2.45) is 5.92 Å². The van der Waals surface area contributed by atoms with E-state index in [0.717, 1.165) is 57.9 Å². The lowest BCUT2D eigenvalue weighted by Gasteiger charge is -2.39. The van der Waals surface area contributed by atoms with Crippen molar-refractivity contribution in [3.8, 4) is 5.75 Å². The molecule has 176 valence electrons. The summed E-state index contributed by atoms with van der Waals surface area (Å²) in [5.74, 6) is 1.22. The smallest absolute Gasteiger partial charge is 0.227 e. The van der Waals surface area contributed by atoms with Gasteiger partial charge >= 0.3 is 0 Å². The maximum Gasteiger partial charge on any atom is 0.227 e. The summed E-state index contributed by atoms with van der Waals surface area (Å²) in [4.78, 5) is 31.9. The zero-order chi connectivity index (χ0) is 23.0. The second kappa shape index (κ2) is 11.3. The third-order valence-corrected chi connectivity index (χ3v) is 6.81. The van der Waals surface area contributed by atoms with Crippen molar-refractivity contribution in [3.05, 3.63) is 65.7 Å². The maximum atomic E-state index is 13.2. The summed E-state index contributed by atoms with van der Waals surface area (Å²) >= 11 is 0. The Bertz CT molecular complexity index is 925. The Morgan fingerprint density at radius 3 is 2.52 bits per heavy atom. The molecule has 4 rings (SSSR count). The van der Waals surface area contributed by atoms with E-state index in [1.165, 1.54) is 11.1 Å². The fourth-order valence-corrected chi connectivity index (χ4v) is 4.86. The average molecular weight is 450 g/mol. The van der Waals surface area contributed by atoms with E-state index in [2.05, 4.69) is 29.2 Å². The zero-order valence-corrected chi connectivity index (χ0v) is 19.6. The van der Waals surface area contributed by atoms with Crippen molar-refractivity contribution >= 4 is 11.8 Å². The molecular formula is C27H35N3O3. The van der Waals surface area contributed by atoms with Gasteiger partial charge in [-0.1, -0.05) is 42.5 Å². The van der Waals surface area contributed by atoms with Crippen LogP contribution in [0.4, 0.5) is 0 Å². The van der Waals surface area contributed by atoms with Gasteiger partial charge in [0, 0.05) is 52.2 Å². The van der Waals surface area contributed by atoms with Crippen LogP contribution in [0.2, 0.25) is 0 Å². The molecule has 33 heavy (non-hydrogen) atoms. The minimum atomic E-state index is -0.0654. The van der Waals surface area contributed by atoms with Gasteiger partial charge < -0.3 is 14.5 Å². The first-order valence-electron chi connectivity index (χ1n) is 12.1. The highest BCUT2D eigenvalue weighted by Crippen LogP contribution is 2.22. The Balaban J connectivity index is 1.23. The first kappa shape index (κ1) is 23.3. The van der Waals surface area contributed by atoms with Crippen LogP contribution in [0, 0.1) is 5.92 Å². The third kappa shape index (κ3) is 6.35. The number of ether oxygens (including phenoxy) is 1. The van der Waals surface area contributed by atoms with Gasteiger partial charge in [0.25, 0.3) is 0 Å². The lowest BCUT2D eigenvalue weighted by Crippen LogP contribution is -2.53. The van der Waals surface area contributed by atoms with Crippen molar-refractivity contribution < 1.29 is 14.3 Å². The molecule has 0 radical (unpaired) electrons. The highest BCUT2D eigenvalue weighted by atomic mass is 16.5. The first-order valence-corrected chi connectivity index (χ1v) is 12.1. The largest absolute Gasteiger partial charge is 0.497 e. The molecule has 2 aliphatic heterocycles. The molecule has 0 bridgehead atoms. The predicted octanol–water partition coefficient (Wildman–Crippen LogP) is 3.21. The molecule has 2 aliphatic rings. The molecule has 6 heteroatoms. The van der Waals surface area contributed by atoms with Crippen molar-refractivity contribution in [3.63, 3.8) is 0 Å². The molecule has 2 heterocycles. The molecule has 2 fully saturated rings. The third-order valence-electron chi connectivity index (χ3n) is 6.81. The number of likely N-dealkylation sites (tertiary alicyclic amines) is 1. The first-order chi connectivity index (χ1) is 16.1. The normalized spacial score (nSPS) is 19.5. The van der Waals surface area contributed by atoms with Crippen molar-refractivity contribution in [2.75, 3.05) is 46.4 Å². The Hall–Kier alpha value is -2.86. The maximum absolute atomic E-state index is 13.2. The van der Waals surface area contributed by atoms with E-state index in [-0.39, 0.29) is 17.7 Å². The number of aryl methyl sites for hydroxylation is 1. The lowest BCUT2D eigenvalue weighted by atomic mass is 9.95. The van der Waals surface area contributed by atoms with Crippen LogP contribution in [-0.4, -0.2) is 72.9 Å². The van der Waals surface area contributed by atoms with Gasteiger partial charge in [-0.3, -0.25) is 14.5 Å². The molecule has 2 saturated heterocycles. The monoisotopic (exact) mass is 449 g/mol. The molecule has 0 aliphatic carbocycles. The van der Waals surface area contributed by atoms with Gasteiger partial charge in [-0.25, -0.2) is 0 Å². The highest BCUT2D eigenvalue weighted by molar-refractivity contribution is 5.84. The van der Waals surface area contributed by atoms with Crippen LogP contribution in [-0.2, 0) is 22.6 Å². The summed E-state index contributed by atoms with van der Waals surface area (Å²) < 4.78 is 5.32. The van der Waals surface area contributed by atoms with Crippen LogP contribution in [0.25, 0.3) is 0 Å². The second-order valence-electron chi connectivity index (χ2n) is 9.12. The summed E-state index contributed by atoms with van der Waals surface area (Å²) in [7, 11) is 1.69. The molecule has 1 unspecified atom stereocenters. The van der Waals surface area contributed by atoms with Crippen molar-refractivity contribution in [2.45, 2.75) is 32.2 Å². The number of amides is 2. The van der Waals surface area contributed by atoms with Gasteiger partial charge in [-0.2, -0.15) is 0 Å². The number of benzene rings is 2. The molecule has 2 aromatic carbocycles. The number of nitrogens with zero attached hydrogens (tertiary/aromatic N) is 3. The number of carbonyl (C=O) groups is 2. The van der Waals surface area contributed by atoms with Gasteiger partial charge in [-0.15, -0.1) is 0 Å². The van der Waals surface area contributed by atoms with Crippen LogP contribution < -0.4 is 4.74 Å². The molecular weight excluding hydrogens is 414 g/mol. The minimum Gasteiger partial charge on any atom is -0.497 e. The number of methoxy groups -OCH3 is 1. The lowest BCUT2D eigenvalue weighted by molar-refractivity contribution is -0.144. The topological polar surface area (TPSA) is 53.1 Å². The summed E-state index contributed by atoms with van der Waals surface area (Å²) in [5.41, 5.74) is 2.52. The number of piperazine rings is 1. The number of carbonyl (C=O) groups excluding carboxylic acids is 2. The summed E-state index contributed by atoms with van der Waals surface area (Å²) in [6, 6.07) is 18.5. The predicted molar refractivity (Wildman–Crippen MR) is 129 cm³/mol. The van der Waals surface area contributed by atoms with Crippen LogP contribution >= 0.6 is 0 Å². The van der Waals surface area contributed by atoms with Crippen LogP contribution in [0.3, 0.4) is 0 Å². The van der Waals surface area contributed by atoms with Crippen molar-refractivity contribution in [1.29, 1.82) is 0 Å². The summed E-state index contributed by atoms with van der Waals surface area (Å²) in [6.45, 7) is 5.40. The van der Waals surface area contributed by atoms with E-state index in [1.54, 1.807) is 7.11 Å². The quantitative estimate of drug-likeness (QED) is 0.621. The molecule has 2 aromatic rings. The number of piperidine rings is 1. The molecule has 6 nitrogen and oxygen atoms in total. The highest BCUT2D eigenvalue weighted by Gasteiger charge is 2.33. The number of hydrogen-bond acceptors (Lipinski definition) is 4. The van der Waals surface area contributed by atoms with Gasteiger partial charge in [0.15, 0.2) is 0 Å². The molecule has 0 spiro atoms. The molecule has 0 N–H and O–H groups in total. The van der Waals surface area contributed by atoms with Gasteiger partial charge in [0.1, 0.15) is 5.75 Å². The number of rotatable bonds is 8. The van der Waals surface area contributed by atoms with Crippen LogP contribution in [0.1, 0.15) is 30.4 Å². The van der Waals surface area contributed by atoms with E-state index < -0.39 is 0 Å². The fraction of sp³-hybridized carbons (Fsp3) is 0.481. The average Bonchev–Trinajstić information content (AvgIpc) is 2.86. The molecule has 1 atom stereocenters. The standard InChI is InChI=1S/C27H35N3O3/c1-33-25-11-5-9-23(19-25)20-28-15-17-29(18-16-28)27(32)24-12-13-26(31)30(21-24)14-6-10-22-7-3-2-4-8-22/h2-5,7-9,11,19,24H,6,10,12-18,20-21H2,1H3. The van der Waals surface area contributed by atoms with Crippen molar-refractivity contribution in [1.82, 2.24) is 14.7 Å². The number of hydrogen-bond donors (Lipinski definition) is 0. The minimum absolute atomic E-state index is 0.0654. The SMILES string of the molecule is COc1cccc(CN2CCN(C(=O)C3CCC(=O)N(CCCc4ccccc4)C3)CC2)c1. The van der Waals surface area contributed by atoms with E-state index in [0.29, 0.717) is 19.4 Å². The van der Waals surface area contributed by atoms with E-state index in [4.69, 9.17) is 4.74 Å². The summed E-state index contributed by atoms with van der Waals surface area (Å²) in [6.07, 6.45) is 3.05. The Labute approximate surface area is 197 Å². The van der Waals surface area contributed by atoms with Gasteiger partial charge in [0.2, 0.25) is 11.8 Å². The van der Waals surface area contributed by atoms with E-state index in [9.17, 15) is 9.59 Å². The fourth-order valence-electron chi connectivity index (χ4n) is 4.86. The summed E-state index contributed by atoms with van der Waals surface area (Å²) in [5, 5.41) is 0. The molecule has 2 amide bonds. The van der Waals surface area contributed by atoms with Gasteiger partial charge in [0.05, 0.1) is 13.0 Å². The Kier molecular flexibility index (Phi) is 8.00. The second-order valence-corrected chi connectivity index (χ2v) is 9.12. The Morgan fingerprint density at radius 2 is 1.76 bits per heavy atom. The zero-order valence-electron chi connectivity index (χ0n) is 19.6. The van der Waals surface area contributed by atoms with E-state index >= 15 is 0 Å². The molecule has 0 aromatic heterocycles. The Morgan fingerprint density at radius 1 is 1.00 bits per heavy atom. The van der Waals surface area contributed by atoms with E-state index in [1.807, 2.05) is 40.1 Å².